The van der Waals surface area contributed by atoms with Gasteiger partial charge in [0.2, 0.25) is 0 Å². The summed E-state index contributed by atoms with van der Waals surface area (Å²) in [5, 5.41) is 20.2. The minimum atomic E-state index is -1.04. The normalized spacial score (nSPS) is 21.6. The van der Waals surface area contributed by atoms with Gasteiger partial charge in [-0.1, -0.05) is 0 Å². The van der Waals surface area contributed by atoms with Crippen LogP contribution in [0.5, 0.6) is 0 Å². The average molecular weight is 290 g/mol. The van der Waals surface area contributed by atoms with Gasteiger partial charge in [0.15, 0.2) is 0 Å². The van der Waals surface area contributed by atoms with E-state index in [0.29, 0.717) is 13.1 Å². The number of nitrogens with zero attached hydrogens (tertiary/aromatic N) is 1. The quantitative estimate of drug-likeness (QED) is 0.557. The second kappa shape index (κ2) is 7.41. The zero-order valence-electron chi connectivity index (χ0n) is 11.8. The lowest BCUT2D eigenvalue weighted by atomic mass is 10.1. The lowest BCUT2D eigenvalue weighted by molar-refractivity contribution is -0.142. The van der Waals surface area contributed by atoms with Gasteiger partial charge >= 0.3 is 12.0 Å². The number of urea groups is 1. The van der Waals surface area contributed by atoms with Crippen LogP contribution in [0.15, 0.2) is 0 Å². The summed E-state index contributed by atoms with van der Waals surface area (Å²) >= 11 is 0. The van der Waals surface area contributed by atoms with Gasteiger partial charge in [0.1, 0.15) is 6.61 Å². The first kappa shape index (κ1) is 16.7. The second-order valence-electron chi connectivity index (χ2n) is 5.24. The zero-order valence-corrected chi connectivity index (χ0v) is 11.8. The number of carboxylic acid groups (broad SMARTS) is 1. The summed E-state index contributed by atoms with van der Waals surface area (Å²) in [5.41, 5.74) is -0.511. The van der Waals surface area contributed by atoms with E-state index in [1.807, 2.05) is 13.8 Å². The number of carbonyl (C=O) groups is 2. The van der Waals surface area contributed by atoms with Gasteiger partial charge in [0, 0.05) is 6.54 Å². The summed E-state index contributed by atoms with van der Waals surface area (Å²) in [6.07, 6.45) is -0.396. The van der Waals surface area contributed by atoms with E-state index in [0.717, 1.165) is 0 Å². The van der Waals surface area contributed by atoms with Crippen molar-refractivity contribution in [2.45, 2.75) is 25.6 Å². The maximum atomic E-state index is 12.0. The SMILES string of the molecule is CC1(C)CN(C(=O)NCCOCC(=O)O)CC(CO)O1. The van der Waals surface area contributed by atoms with E-state index in [1.165, 1.54) is 0 Å². The fourth-order valence-corrected chi connectivity index (χ4v) is 2.05. The molecular formula is C12H22N2O6. The number of ether oxygens (including phenoxy) is 2. The molecule has 1 aliphatic rings. The highest BCUT2D eigenvalue weighted by molar-refractivity contribution is 5.74. The first-order chi connectivity index (χ1) is 9.34. The number of aliphatic carboxylic acids is 1. The summed E-state index contributed by atoms with van der Waals surface area (Å²) in [7, 11) is 0. The number of aliphatic hydroxyl groups excluding tert-OH is 1. The molecule has 1 fully saturated rings. The molecule has 1 unspecified atom stereocenters. The van der Waals surface area contributed by atoms with Crippen LogP contribution in [0, 0.1) is 0 Å². The largest absolute Gasteiger partial charge is 0.480 e. The first-order valence-corrected chi connectivity index (χ1v) is 6.45. The van der Waals surface area contributed by atoms with Gasteiger partial charge in [0.25, 0.3) is 0 Å². The van der Waals surface area contributed by atoms with Gasteiger partial charge in [-0.15, -0.1) is 0 Å². The Balaban J connectivity index is 2.33. The van der Waals surface area contributed by atoms with Gasteiger partial charge in [-0.3, -0.25) is 0 Å². The molecule has 3 N–H and O–H groups in total. The summed E-state index contributed by atoms with van der Waals surface area (Å²) in [4.78, 5) is 23.7. The lowest BCUT2D eigenvalue weighted by Crippen LogP contribution is -2.57. The number of morpholine rings is 1. The number of hydrogen-bond acceptors (Lipinski definition) is 5. The molecule has 0 spiro atoms. The van der Waals surface area contributed by atoms with Crippen molar-refractivity contribution in [1.29, 1.82) is 0 Å². The van der Waals surface area contributed by atoms with E-state index < -0.39 is 17.7 Å². The minimum absolute atomic E-state index is 0.134. The lowest BCUT2D eigenvalue weighted by Gasteiger charge is -2.42. The topological polar surface area (TPSA) is 108 Å². The smallest absolute Gasteiger partial charge is 0.329 e. The molecule has 20 heavy (non-hydrogen) atoms. The van der Waals surface area contributed by atoms with Crippen molar-refractivity contribution in [3.8, 4) is 0 Å². The Morgan fingerprint density at radius 2 is 2.20 bits per heavy atom. The maximum Gasteiger partial charge on any atom is 0.329 e. The Bertz CT molecular complexity index is 347. The molecule has 0 aromatic carbocycles. The standard InChI is InChI=1S/C12H22N2O6/c1-12(2)8-14(5-9(6-15)20-12)11(18)13-3-4-19-7-10(16)17/h9,15H,3-8H2,1-2H3,(H,13,18)(H,16,17). The van der Waals surface area contributed by atoms with E-state index in [2.05, 4.69) is 5.32 Å². The molecule has 1 heterocycles. The highest BCUT2D eigenvalue weighted by atomic mass is 16.5. The van der Waals surface area contributed by atoms with E-state index in [1.54, 1.807) is 4.90 Å². The molecule has 0 aliphatic carbocycles. The van der Waals surface area contributed by atoms with Gasteiger partial charge < -0.3 is 29.9 Å². The highest BCUT2D eigenvalue weighted by Crippen LogP contribution is 2.20. The van der Waals surface area contributed by atoms with Crippen LogP contribution in [-0.4, -0.2) is 78.3 Å². The monoisotopic (exact) mass is 290 g/mol. The molecule has 0 aromatic heterocycles. The Labute approximate surface area is 117 Å². The Morgan fingerprint density at radius 3 is 2.80 bits per heavy atom. The molecule has 0 bridgehead atoms. The second-order valence-corrected chi connectivity index (χ2v) is 5.24. The van der Waals surface area contributed by atoms with Gasteiger partial charge in [-0.2, -0.15) is 0 Å². The molecule has 1 rings (SSSR count). The Hall–Kier alpha value is -1.38. The van der Waals surface area contributed by atoms with Crippen LogP contribution in [-0.2, 0) is 14.3 Å². The molecule has 0 saturated carbocycles. The number of rotatable bonds is 6. The number of carbonyl (C=O) groups excluding carboxylic acids is 1. The van der Waals surface area contributed by atoms with E-state index in [4.69, 9.17) is 19.7 Å². The molecule has 0 aromatic rings. The molecule has 116 valence electrons. The Kier molecular flexibility index (Phi) is 6.18. The molecular weight excluding hydrogens is 268 g/mol. The van der Waals surface area contributed by atoms with Crippen LogP contribution < -0.4 is 5.32 Å². The van der Waals surface area contributed by atoms with Crippen molar-refractivity contribution in [3.05, 3.63) is 0 Å². The van der Waals surface area contributed by atoms with Gasteiger partial charge in [-0.05, 0) is 13.8 Å². The van der Waals surface area contributed by atoms with Crippen LogP contribution in [0.4, 0.5) is 4.79 Å². The predicted octanol–water partition coefficient (Wildman–Crippen LogP) is -0.731. The third kappa shape index (κ3) is 5.72. The molecule has 0 radical (unpaired) electrons. The number of carboxylic acids is 1. The minimum Gasteiger partial charge on any atom is -0.480 e. The summed E-state index contributed by atoms with van der Waals surface area (Å²) in [5.74, 6) is -1.04. The molecule has 8 nitrogen and oxygen atoms in total. The third-order valence-corrected chi connectivity index (χ3v) is 2.72. The average Bonchev–Trinajstić information content (AvgIpc) is 2.35. The molecule has 1 saturated heterocycles. The van der Waals surface area contributed by atoms with Crippen LogP contribution >= 0.6 is 0 Å². The number of nitrogens with one attached hydrogen (secondary N) is 1. The van der Waals surface area contributed by atoms with Crippen molar-refractivity contribution < 1.29 is 29.3 Å². The maximum absolute atomic E-state index is 12.0. The number of amides is 2. The van der Waals surface area contributed by atoms with Crippen molar-refractivity contribution in [2.24, 2.45) is 0 Å². The van der Waals surface area contributed by atoms with Gasteiger partial charge in [-0.25, -0.2) is 9.59 Å². The molecule has 8 heteroatoms. The van der Waals surface area contributed by atoms with Crippen LogP contribution in [0.1, 0.15) is 13.8 Å². The van der Waals surface area contributed by atoms with E-state index in [9.17, 15) is 9.59 Å². The van der Waals surface area contributed by atoms with Crippen LogP contribution in [0.3, 0.4) is 0 Å². The van der Waals surface area contributed by atoms with Crippen molar-refractivity contribution >= 4 is 12.0 Å². The van der Waals surface area contributed by atoms with E-state index >= 15 is 0 Å². The number of hydrogen-bond donors (Lipinski definition) is 3. The zero-order chi connectivity index (χ0) is 15.2. The molecule has 1 aliphatic heterocycles. The van der Waals surface area contributed by atoms with Crippen molar-refractivity contribution in [1.82, 2.24) is 10.2 Å². The summed E-state index contributed by atoms with van der Waals surface area (Å²) < 4.78 is 10.4. The fraction of sp³-hybridized carbons (Fsp3) is 0.833. The number of aliphatic hydroxyl groups is 1. The fourth-order valence-electron chi connectivity index (χ4n) is 2.05. The first-order valence-electron chi connectivity index (χ1n) is 6.45. The van der Waals surface area contributed by atoms with Crippen LogP contribution in [0.25, 0.3) is 0 Å². The van der Waals surface area contributed by atoms with Crippen molar-refractivity contribution in [3.63, 3.8) is 0 Å². The third-order valence-electron chi connectivity index (χ3n) is 2.72. The highest BCUT2D eigenvalue weighted by Gasteiger charge is 2.35. The van der Waals surface area contributed by atoms with Crippen LogP contribution in [0.2, 0.25) is 0 Å². The predicted molar refractivity (Wildman–Crippen MR) is 69.5 cm³/mol. The van der Waals surface area contributed by atoms with Gasteiger partial charge in [0.05, 0.1) is 38.0 Å². The molecule has 2 amide bonds. The Morgan fingerprint density at radius 1 is 1.50 bits per heavy atom. The summed E-state index contributed by atoms with van der Waals surface area (Å²) in [6.45, 7) is 4.29. The van der Waals surface area contributed by atoms with Crippen molar-refractivity contribution in [2.75, 3.05) is 39.5 Å². The molecule has 1 atom stereocenters. The summed E-state index contributed by atoms with van der Waals surface area (Å²) in [6, 6.07) is -0.279. The van der Waals surface area contributed by atoms with E-state index in [-0.39, 0.29) is 32.4 Å².